The molecular formula is C14H17BrN2O4. The first kappa shape index (κ1) is 15.9. The van der Waals surface area contributed by atoms with Crippen molar-refractivity contribution in [3.63, 3.8) is 0 Å². The fourth-order valence-electron chi connectivity index (χ4n) is 2.53. The summed E-state index contributed by atoms with van der Waals surface area (Å²) in [7, 11) is 0. The minimum Gasteiger partial charge on any atom is -0.378 e. The van der Waals surface area contributed by atoms with E-state index in [4.69, 9.17) is 4.74 Å². The molecule has 7 heteroatoms. The maximum atomic E-state index is 12.2. The topological polar surface area (TPSA) is 81.5 Å². The number of ether oxygens (including phenoxy) is 1. The summed E-state index contributed by atoms with van der Waals surface area (Å²) in [6.45, 7) is 3.30. The minimum absolute atomic E-state index is 0.113. The second-order valence-electron chi connectivity index (χ2n) is 4.97. The Morgan fingerprint density at radius 3 is 3.00 bits per heavy atom. The highest BCUT2D eigenvalue weighted by molar-refractivity contribution is 9.10. The van der Waals surface area contributed by atoms with E-state index in [1.807, 2.05) is 0 Å². The zero-order chi connectivity index (χ0) is 15.4. The molecule has 1 saturated heterocycles. The van der Waals surface area contributed by atoms with Gasteiger partial charge in [0.1, 0.15) is 4.47 Å². The Balaban J connectivity index is 2.04. The van der Waals surface area contributed by atoms with E-state index in [0.717, 1.165) is 19.4 Å². The number of benzene rings is 1. The van der Waals surface area contributed by atoms with Gasteiger partial charge in [-0.05, 0) is 34.8 Å². The molecule has 0 saturated carbocycles. The van der Waals surface area contributed by atoms with Crippen LogP contribution in [0.15, 0.2) is 22.7 Å². The first-order valence-electron chi connectivity index (χ1n) is 6.87. The van der Waals surface area contributed by atoms with Gasteiger partial charge in [-0.15, -0.1) is 0 Å². The Morgan fingerprint density at radius 2 is 2.33 bits per heavy atom. The molecule has 0 aromatic heterocycles. The molecule has 0 aliphatic carbocycles. The van der Waals surface area contributed by atoms with Crippen LogP contribution in [0.25, 0.3) is 0 Å². The Morgan fingerprint density at radius 1 is 1.57 bits per heavy atom. The molecule has 21 heavy (non-hydrogen) atoms. The lowest BCUT2D eigenvalue weighted by Crippen LogP contribution is -2.32. The summed E-state index contributed by atoms with van der Waals surface area (Å²) in [5.41, 5.74) is 0.162. The molecule has 2 unspecified atom stereocenters. The Bertz CT molecular complexity index is 550. The number of nitrogens with one attached hydrogen (secondary N) is 1. The van der Waals surface area contributed by atoms with Gasteiger partial charge in [0, 0.05) is 25.1 Å². The summed E-state index contributed by atoms with van der Waals surface area (Å²) in [5.74, 6) is -0.0104. The summed E-state index contributed by atoms with van der Waals surface area (Å²) in [6, 6.07) is 4.43. The van der Waals surface area contributed by atoms with E-state index < -0.39 is 4.92 Å². The molecule has 0 radical (unpaired) electrons. The molecule has 114 valence electrons. The first-order valence-corrected chi connectivity index (χ1v) is 7.66. The van der Waals surface area contributed by atoms with Gasteiger partial charge < -0.3 is 10.1 Å². The number of nitro benzene ring substituents is 1. The maximum absolute atomic E-state index is 12.2. The average Bonchev–Trinajstić information content (AvgIpc) is 2.92. The van der Waals surface area contributed by atoms with Crippen molar-refractivity contribution >= 4 is 27.5 Å². The Labute approximate surface area is 131 Å². The molecule has 2 rings (SSSR count). The first-order chi connectivity index (χ1) is 10.0. The molecule has 1 amide bonds. The third-order valence-corrected chi connectivity index (χ3v) is 4.53. The number of nitrogens with zero attached hydrogens (tertiary/aromatic N) is 1. The molecule has 2 atom stereocenters. The summed E-state index contributed by atoms with van der Waals surface area (Å²) in [6.07, 6.45) is 2.02. The lowest BCUT2D eigenvalue weighted by atomic mass is 9.99. The summed E-state index contributed by atoms with van der Waals surface area (Å²) in [4.78, 5) is 22.5. The van der Waals surface area contributed by atoms with Gasteiger partial charge in [0.05, 0.1) is 16.6 Å². The molecule has 1 aliphatic rings. The second-order valence-corrected chi connectivity index (χ2v) is 5.77. The van der Waals surface area contributed by atoms with Crippen molar-refractivity contribution in [1.29, 1.82) is 0 Å². The van der Waals surface area contributed by atoms with Crippen LogP contribution in [-0.2, 0) is 4.74 Å². The third-order valence-electron chi connectivity index (χ3n) is 3.69. The highest BCUT2D eigenvalue weighted by atomic mass is 79.9. The van der Waals surface area contributed by atoms with Crippen LogP contribution in [0, 0.1) is 16.0 Å². The standard InChI is InChI=1S/C14H17BrN2O4/c1-2-12-9(6-7-21-12)8-16-14(18)10-4-3-5-11(13(10)15)17(19)20/h3-5,9,12H,2,6-8H2,1H3,(H,16,18). The molecule has 0 bridgehead atoms. The lowest BCUT2D eigenvalue weighted by molar-refractivity contribution is -0.385. The van der Waals surface area contributed by atoms with Gasteiger partial charge in [-0.2, -0.15) is 0 Å². The van der Waals surface area contributed by atoms with Gasteiger partial charge in [-0.1, -0.05) is 13.0 Å². The molecule has 0 spiro atoms. The van der Waals surface area contributed by atoms with Crippen molar-refractivity contribution in [2.75, 3.05) is 13.2 Å². The monoisotopic (exact) mass is 356 g/mol. The van der Waals surface area contributed by atoms with Crippen LogP contribution in [0.2, 0.25) is 0 Å². The highest BCUT2D eigenvalue weighted by Crippen LogP contribution is 2.28. The van der Waals surface area contributed by atoms with Crippen molar-refractivity contribution in [1.82, 2.24) is 5.32 Å². The number of rotatable bonds is 5. The van der Waals surface area contributed by atoms with Crippen molar-refractivity contribution in [3.8, 4) is 0 Å². The predicted octanol–water partition coefficient (Wildman–Crippen LogP) is 2.90. The number of hydrogen-bond acceptors (Lipinski definition) is 4. The third kappa shape index (κ3) is 3.59. The highest BCUT2D eigenvalue weighted by Gasteiger charge is 2.27. The number of carbonyl (C=O) groups excluding carboxylic acids is 1. The van der Waals surface area contributed by atoms with Gasteiger partial charge in [0.2, 0.25) is 0 Å². The number of carbonyl (C=O) groups is 1. The minimum atomic E-state index is -0.515. The van der Waals surface area contributed by atoms with E-state index in [0.29, 0.717) is 12.5 Å². The Hall–Kier alpha value is -1.47. The number of nitro groups is 1. The normalized spacial score (nSPS) is 21.2. The average molecular weight is 357 g/mol. The second kappa shape index (κ2) is 7.00. The van der Waals surface area contributed by atoms with Gasteiger partial charge in [-0.25, -0.2) is 0 Å². The molecule has 1 N–H and O–H groups in total. The van der Waals surface area contributed by atoms with Crippen LogP contribution in [0.4, 0.5) is 5.69 Å². The van der Waals surface area contributed by atoms with Crippen LogP contribution < -0.4 is 5.32 Å². The van der Waals surface area contributed by atoms with E-state index in [-0.39, 0.29) is 27.7 Å². The number of amides is 1. The van der Waals surface area contributed by atoms with Gasteiger partial charge in [0.25, 0.3) is 11.6 Å². The van der Waals surface area contributed by atoms with Crippen LogP contribution >= 0.6 is 15.9 Å². The molecule has 1 aliphatic heterocycles. The molecule has 1 aromatic rings. The zero-order valence-corrected chi connectivity index (χ0v) is 13.3. The molecular weight excluding hydrogens is 340 g/mol. The van der Waals surface area contributed by atoms with Crippen LogP contribution in [0.3, 0.4) is 0 Å². The fourth-order valence-corrected chi connectivity index (χ4v) is 3.12. The number of hydrogen-bond donors (Lipinski definition) is 1. The van der Waals surface area contributed by atoms with Crippen molar-refractivity contribution in [2.24, 2.45) is 5.92 Å². The SMILES string of the molecule is CCC1OCCC1CNC(=O)c1cccc([N+](=O)[O-])c1Br. The Kier molecular flexibility index (Phi) is 5.30. The lowest BCUT2D eigenvalue weighted by Gasteiger charge is -2.17. The summed E-state index contributed by atoms with van der Waals surface area (Å²) < 4.78 is 5.79. The van der Waals surface area contributed by atoms with Crippen LogP contribution in [0.1, 0.15) is 30.1 Å². The van der Waals surface area contributed by atoms with E-state index >= 15 is 0 Å². The summed E-state index contributed by atoms with van der Waals surface area (Å²) in [5, 5.41) is 13.7. The van der Waals surface area contributed by atoms with Gasteiger partial charge in [-0.3, -0.25) is 14.9 Å². The van der Waals surface area contributed by atoms with Crippen LogP contribution in [0.5, 0.6) is 0 Å². The molecule has 1 heterocycles. The van der Waals surface area contributed by atoms with E-state index in [2.05, 4.69) is 28.2 Å². The van der Waals surface area contributed by atoms with Crippen molar-refractivity contribution < 1.29 is 14.5 Å². The molecule has 6 nitrogen and oxygen atoms in total. The molecule has 1 aromatic carbocycles. The quantitative estimate of drug-likeness (QED) is 0.649. The number of halogens is 1. The summed E-state index contributed by atoms with van der Waals surface area (Å²) >= 11 is 3.13. The van der Waals surface area contributed by atoms with Crippen molar-refractivity contribution in [2.45, 2.75) is 25.9 Å². The van der Waals surface area contributed by atoms with E-state index in [1.54, 1.807) is 6.07 Å². The van der Waals surface area contributed by atoms with Gasteiger partial charge >= 0.3 is 0 Å². The van der Waals surface area contributed by atoms with E-state index in [9.17, 15) is 14.9 Å². The van der Waals surface area contributed by atoms with Crippen LogP contribution in [-0.4, -0.2) is 30.1 Å². The maximum Gasteiger partial charge on any atom is 0.284 e. The zero-order valence-electron chi connectivity index (χ0n) is 11.7. The smallest absolute Gasteiger partial charge is 0.284 e. The van der Waals surface area contributed by atoms with Crippen molar-refractivity contribution in [3.05, 3.63) is 38.3 Å². The molecule has 1 fully saturated rings. The predicted molar refractivity (Wildman–Crippen MR) is 81.3 cm³/mol. The fraction of sp³-hybridized carbons (Fsp3) is 0.500. The van der Waals surface area contributed by atoms with E-state index in [1.165, 1.54) is 12.1 Å². The van der Waals surface area contributed by atoms with Gasteiger partial charge in [0.15, 0.2) is 0 Å². The largest absolute Gasteiger partial charge is 0.378 e.